The van der Waals surface area contributed by atoms with E-state index in [0.29, 0.717) is 16.7 Å². The lowest BCUT2D eigenvalue weighted by molar-refractivity contribution is -0.115. The number of nitrogens with zero attached hydrogens (tertiary/aromatic N) is 3. The molecule has 0 saturated heterocycles. The molecule has 0 aliphatic rings. The Kier molecular flexibility index (Phi) is 6.74. The first kappa shape index (κ1) is 22.5. The van der Waals surface area contributed by atoms with Gasteiger partial charge in [0.05, 0.1) is 22.8 Å². The van der Waals surface area contributed by atoms with Crippen molar-refractivity contribution in [2.24, 2.45) is 0 Å². The van der Waals surface area contributed by atoms with E-state index in [-0.39, 0.29) is 11.4 Å². The molecular weight excluding hydrogens is 450 g/mol. The van der Waals surface area contributed by atoms with Crippen LogP contribution in [0.25, 0.3) is 17.1 Å². The average molecular weight is 471 g/mol. The summed E-state index contributed by atoms with van der Waals surface area (Å²) in [5.41, 5.74) is 1.77. The van der Waals surface area contributed by atoms with E-state index in [9.17, 15) is 13.6 Å². The number of benzene rings is 2. The molecule has 1 unspecified atom stereocenters. The number of nitrogens with one attached hydrogen (secondary N) is 1. The second kappa shape index (κ2) is 9.86. The zero-order valence-corrected chi connectivity index (χ0v) is 18.6. The molecule has 0 spiro atoms. The standard InChI is InChI=1S/C23H20F2N4O3S/c1-14-17(12-13-31-14)20-27-28-23(29(20)16-8-4-3-5-9-16)33-15(2)21(30)26-18-10-6-7-11-19(18)32-22(24)25/h3-13,15,22H,1-2H3,(H,26,30). The van der Waals surface area contributed by atoms with Crippen molar-refractivity contribution < 1.29 is 22.7 Å². The Bertz CT molecular complexity index is 1240. The Labute approximate surface area is 192 Å². The molecule has 10 heteroatoms. The number of alkyl halides is 2. The number of aryl methyl sites for hydroxylation is 1. The van der Waals surface area contributed by atoms with Crippen LogP contribution in [0.5, 0.6) is 5.75 Å². The molecule has 4 rings (SSSR count). The average Bonchev–Trinajstić information content (AvgIpc) is 3.41. The van der Waals surface area contributed by atoms with Crippen molar-refractivity contribution in [3.63, 3.8) is 0 Å². The van der Waals surface area contributed by atoms with Gasteiger partial charge in [-0.05, 0) is 44.2 Å². The number of aromatic nitrogens is 3. The summed E-state index contributed by atoms with van der Waals surface area (Å²) in [7, 11) is 0. The number of hydrogen-bond acceptors (Lipinski definition) is 6. The molecule has 0 saturated carbocycles. The highest BCUT2D eigenvalue weighted by molar-refractivity contribution is 8.00. The lowest BCUT2D eigenvalue weighted by atomic mass is 10.2. The van der Waals surface area contributed by atoms with Crippen LogP contribution in [0.1, 0.15) is 12.7 Å². The maximum Gasteiger partial charge on any atom is 0.387 e. The van der Waals surface area contributed by atoms with E-state index >= 15 is 0 Å². The highest BCUT2D eigenvalue weighted by atomic mass is 32.2. The van der Waals surface area contributed by atoms with E-state index in [0.717, 1.165) is 11.3 Å². The molecule has 0 fully saturated rings. The number of para-hydroxylation sites is 3. The van der Waals surface area contributed by atoms with Crippen LogP contribution in [0.3, 0.4) is 0 Å². The molecule has 0 aliphatic heterocycles. The largest absolute Gasteiger partial charge is 0.469 e. The third-order valence-electron chi connectivity index (χ3n) is 4.76. The van der Waals surface area contributed by atoms with Crippen LogP contribution in [-0.4, -0.2) is 32.5 Å². The molecule has 2 aromatic carbocycles. The van der Waals surface area contributed by atoms with Crippen molar-refractivity contribution >= 4 is 23.4 Å². The van der Waals surface area contributed by atoms with Gasteiger partial charge in [-0.25, -0.2) is 0 Å². The summed E-state index contributed by atoms with van der Waals surface area (Å²) in [4.78, 5) is 12.8. The summed E-state index contributed by atoms with van der Waals surface area (Å²) in [6.07, 6.45) is 1.58. The van der Waals surface area contributed by atoms with Crippen LogP contribution in [0.4, 0.5) is 14.5 Å². The number of furan rings is 1. The number of carbonyl (C=O) groups excluding carboxylic acids is 1. The first-order valence-electron chi connectivity index (χ1n) is 10.0. The van der Waals surface area contributed by atoms with Gasteiger partial charge in [0.2, 0.25) is 5.91 Å². The zero-order chi connectivity index (χ0) is 23.4. The predicted octanol–water partition coefficient (Wildman–Crippen LogP) is 5.56. The van der Waals surface area contributed by atoms with E-state index < -0.39 is 17.8 Å². The van der Waals surface area contributed by atoms with Crippen molar-refractivity contribution in [3.8, 4) is 22.8 Å². The van der Waals surface area contributed by atoms with E-state index in [1.165, 1.54) is 23.9 Å². The van der Waals surface area contributed by atoms with Crippen molar-refractivity contribution in [1.82, 2.24) is 14.8 Å². The van der Waals surface area contributed by atoms with Crippen molar-refractivity contribution in [2.75, 3.05) is 5.32 Å². The minimum absolute atomic E-state index is 0.108. The van der Waals surface area contributed by atoms with Crippen molar-refractivity contribution in [2.45, 2.75) is 30.9 Å². The molecule has 1 amide bonds. The maximum atomic E-state index is 12.8. The predicted molar refractivity (Wildman–Crippen MR) is 121 cm³/mol. The number of ether oxygens (including phenoxy) is 1. The van der Waals surface area contributed by atoms with Gasteiger partial charge in [-0.3, -0.25) is 9.36 Å². The lowest BCUT2D eigenvalue weighted by Crippen LogP contribution is -2.23. The smallest absolute Gasteiger partial charge is 0.387 e. The Balaban J connectivity index is 1.60. The number of hydrogen-bond donors (Lipinski definition) is 1. The third kappa shape index (κ3) is 5.06. The Morgan fingerprint density at radius 2 is 1.82 bits per heavy atom. The molecule has 1 N–H and O–H groups in total. The monoisotopic (exact) mass is 470 g/mol. The van der Waals surface area contributed by atoms with Gasteiger partial charge in [0.1, 0.15) is 11.5 Å². The van der Waals surface area contributed by atoms with Crippen LogP contribution in [0.15, 0.2) is 76.5 Å². The summed E-state index contributed by atoms with van der Waals surface area (Å²) in [6.45, 7) is 0.536. The molecule has 2 aromatic heterocycles. The molecule has 1 atom stereocenters. The number of halogens is 2. The van der Waals surface area contributed by atoms with Crippen molar-refractivity contribution in [1.29, 1.82) is 0 Å². The second-order valence-electron chi connectivity index (χ2n) is 6.99. The number of rotatable bonds is 8. The van der Waals surface area contributed by atoms with E-state index in [4.69, 9.17) is 4.42 Å². The highest BCUT2D eigenvalue weighted by Crippen LogP contribution is 2.33. The van der Waals surface area contributed by atoms with Crippen LogP contribution in [0, 0.1) is 6.92 Å². The number of carbonyl (C=O) groups is 1. The van der Waals surface area contributed by atoms with Gasteiger partial charge in [-0.1, -0.05) is 42.1 Å². The van der Waals surface area contributed by atoms with Gasteiger partial charge in [-0.2, -0.15) is 8.78 Å². The van der Waals surface area contributed by atoms with Crippen LogP contribution < -0.4 is 10.1 Å². The fourth-order valence-electron chi connectivity index (χ4n) is 3.16. The number of amides is 1. The van der Waals surface area contributed by atoms with E-state index in [1.54, 1.807) is 25.3 Å². The lowest BCUT2D eigenvalue weighted by Gasteiger charge is -2.15. The molecule has 0 bridgehead atoms. The fourth-order valence-corrected chi connectivity index (χ4v) is 4.03. The van der Waals surface area contributed by atoms with Crippen LogP contribution in [-0.2, 0) is 4.79 Å². The minimum Gasteiger partial charge on any atom is -0.469 e. The zero-order valence-electron chi connectivity index (χ0n) is 17.7. The van der Waals surface area contributed by atoms with E-state index in [2.05, 4.69) is 20.3 Å². The molecule has 170 valence electrons. The van der Waals surface area contributed by atoms with Gasteiger partial charge in [0.25, 0.3) is 0 Å². The molecular formula is C23H20F2N4O3S. The highest BCUT2D eigenvalue weighted by Gasteiger charge is 2.24. The first-order valence-corrected chi connectivity index (χ1v) is 10.9. The molecule has 4 aromatic rings. The Hall–Kier alpha value is -3.66. The van der Waals surface area contributed by atoms with E-state index in [1.807, 2.05) is 47.9 Å². The maximum absolute atomic E-state index is 12.8. The van der Waals surface area contributed by atoms with Gasteiger partial charge in [-0.15, -0.1) is 10.2 Å². The van der Waals surface area contributed by atoms with Gasteiger partial charge < -0.3 is 14.5 Å². The normalized spacial score (nSPS) is 12.0. The summed E-state index contributed by atoms with van der Waals surface area (Å²) < 4.78 is 37.1. The Morgan fingerprint density at radius 3 is 2.52 bits per heavy atom. The second-order valence-corrected chi connectivity index (χ2v) is 8.30. The molecule has 33 heavy (non-hydrogen) atoms. The molecule has 2 heterocycles. The van der Waals surface area contributed by atoms with Crippen LogP contribution >= 0.6 is 11.8 Å². The first-order chi connectivity index (χ1) is 15.9. The van der Waals surface area contributed by atoms with Gasteiger partial charge >= 0.3 is 6.61 Å². The number of thioether (sulfide) groups is 1. The quantitative estimate of drug-likeness (QED) is 0.340. The topological polar surface area (TPSA) is 82.2 Å². The molecule has 7 nitrogen and oxygen atoms in total. The summed E-state index contributed by atoms with van der Waals surface area (Å²) in [6, 6.07) is 17.4. The Morgan fingerprint density at radius 1 is 1.09 bits per heavy atom. The number of anilines is 1. The molecule has 0 aliphatic carbocycles. The third-order valence-corrected chi connectivity index (χ3v) is 5.80. The minimum atomic E-state index is -3.00. The molecule has 0 radical (unpaired) electrons. The van der Waals surface area contributed by atoms with Crippen LogP contribution in [0.2, 0.25) is 0 Å². The van der Waals surface area contributed by atoms with Crippen molar-refractivity contribution in [3.05, 3.63) is 72.7 Å². The summed E-state index contributed by atoms with van der Waals surface area (Å²) in [5, 5.41) is 11.2. The summed E-state index contributed by atoms with van der Waals surface area (Å²) in [5.74, 6) is 0.771. The summed E-state index contributed by atoms with van der Waals surface area (Å²) >= 11 is 1.19. The van der Waals surface area contributed by atoms with Gasteiger partial charge in [0.15, 0.2) is 11.0 Å². The fraction of sp³-hybridized carbons (Fsp3) is 0.174. The van der Waals surface area contributed by atoms with Gasteiger partial charge in [0, 0.05) is 5.69 Å². The SMILES string of the molecule is Cc1occc1-c1nnc(SC(C)C(=O)Nc2ccccc2OC(F)F)n1-c1ccccc1.